The molecule has 0 aromatic carbocycles. The zero-order chi connectivity index (χ0) is 21.2. The van der Waals surface area contributed by atoms with Crippen LogP contribution in [0.2, 0.25) is 15.2 Å². The van der Waals surface area contributed by atoms with Gasteiger partial charge in [0.2, 0.25) is 5.78 Å². The SMILES string of the molecule is Cc1cc(C(=O)COC(=O)c2nc(Cl)c(Cl)c(N)c2Cl)c(C)n1CCC(C)C. The summed E-state index contributed by atoms with van der Waals surface area (Å²) in [5, 5.41) is -0.387. The molecule has 0 aliphatic heterocycles. The lowest BCUT2D eigenvalue weighted by Gasteiger charge is -2.11. The first-order chi connectivity index (χ1) is 13.0. The molecule has 152 valence electrons. The van der Waals surface area contributed by atoms with Gasteiger partial charge in [-0.2, -0.15) is 0 Å². The number of ketones is 1. The van der Waals surface area contributed by atoms with Gasteiger partial charge in [0.15, 0.2) is 17.5 Å². The molecule has 28 heavy (non-hydrogen) atoms. The number of carbonyl (C=O) groups excluding carboxylic acids is 2. The molecule has 0 unspecified atom stereocenters. The molecular weight excluding hydrogens is 425 g/mol. The van der Waals surface area contributed by atoms with Gasteiger partial charge < -0.3 is 15.0 Å². The van der Waals surface area contributed by atoms with Gasteiger partial charge in [-0.15, -0.1) is 0 Å². The average molecular weight is 447 g/mol. The number of carbonyl (C=O) groups is 2. The van der Waals surface area contributed by atoms with Crippen molar-refractivity contribution < 1.29 is 14.3 Å². The number of nitrogens with zero attached hydrogens (tertiary/aromatic N) is 2. The normalized spacial score (nSPS) is 11.1. The highest BCUT2D eigenvalue weighted by atomic mass is 35.5. The molecule has 9 heteroatoms. The van der Waals surface area contributed by atoms with Crippen LogP contribution in [0.5, 0.6) is 0 Å². The maximum atomic E-state index is 12.6. The molecule has 6 nitrogen and oxygen atoms in total. The number of halogens is 3. The van der Waals surface area contributed by atoms with Crippen LogP contribution in [-0.2, 0) is 11.3 Å². The summed E-state index contributed by atoms with van der Waals surface area (Å²) in [6.07, 6.45) is 1.00. The van der Waals surface area contributed by atoms with Gasteiger partial charge in [0.05, 0.1) is 10.7 Å². The van der Waals surface area contributed by atoms with Gasteiger partial charge >= 0.3 is 5.97 Å². The standard InChI is InChI=1S/C19H22Cl3N3O3/c1-9(2)5-6-25-10(3)7-12(11(25)4)13(26)8-28-19(27)17-14(20)16(23)15(21)18(22)24-17/h7,9H,5-6,8H2,1-4H3,(H2,23,24). The summed E-state index contributed by atoms with van der Waals surface area (Å²) in [5.74, 6) is -0.671. The highest BCUT2D eigenvalue weighted by Crippen LogP contribution is 2.34. The van der Waals surface area contributed by atoms with Crippen molar-refractivity contribution in [3.8, 4) is 0 Å². The first-order valence-electron chi connectivity index (χ1n) is 8.71. The van der Waals surface area contributed by atoms with Gasteiger partial charge in [-0.05, 0) is 32.3 Å². The van der Waals surface area contributed by atoms with E-state index in [4.69, 9.17) is 45.3 Å². The summed E-state index contributed by atoms with van der Waals surface area (Å²) < 4.78 is 7.17. The molecule has 0 bridgehead atoms. The average Bonchev–Trinajstić information content (AvgIpc) is 2.92. The fourth-order valence-corrected chi connectivity index (χ4v) is 3.34. The second-order valence-corrected chi connectivity index (χ2v) is 8.03. The first kappa shape index (κ1) is 22.5. The molecule has 0 spiro atoms. The second kappa shape index (κ2) is 9.16. The fourth-order valence-electron chi connectivity index (χ4n) is 2.76. The highest BCUT2D eigenvalue weighted by Gasteiger charge is 2.23. The van der Waals surface area contributed by atoms with Gasteiger partial charge in [-0.1, -0.05) is 48.7 Å². The minimum Gasteiger partial charge on any atom is -0.453 e. The smallest absolute Gasteiger partial charge is 0.359 e. The molecule has 0 atom stereocenters. The van der Waals surface area contributed by atoms with Crippen LogP contribution < -0.4 is 5.73 Å². The number of anilines is 1. The quantitative estimate of drug-likeness (QED) is 0.362. The van der Waals surface area contributed by atoms with Gasteiger partial charge in [-0.3, -0.25) is 4.79 Å². The van der Waals surface area contributed by atoms with E-state index >= 15 is 0 Å². The molecule has 2 aromatic rings. The molecule has 2 N–H and O–H groups in total. The number of aromatic nitrogens is 2. The predicted molar refractivity (Wildman–Crippen MR) is 112 cm³/mol. The number of hydrogen-bond donors (Lipinski definition) is 1. The zero-order valence-electron chi connectivity index (χ0n) is 16.1. The van der Waals surface area contributed by atoms with Crippen molar-refractivity contribution >= 4 is 52.2 Å². The van der Waals surface area contributed by atoms with Crippen LogP contribution >= 0.6 is 34.8 Å². The lowest BCUT2D eigenvalue weighted by atomic mass is 10.1. The number of pyridine rings is 1. The number of nitrogens with two attached hydrogens (primary N) is 1. The van der Waals surface area contributed by atoms with E-state index in [1.807, 2.05) is 13.8 Å². The first-order valence-corrected chi connectivity index (χ1v) is 9.85. The number of rotatable bonds is 7. The summed E-state index contributed by atoms with van der Waals surface area (Å²) in [7, 11) is 0. The summed E-state index contributed by atoms with van der Waals surface area (Å²) in [5.41, 5.74) is 7.67. The van der Waals surface area contributed by atoms with Crippen LogP contribution in [0.3, 0.4) is 0 Å². The van der Waals surface area contributed by atoms with Crippen LogP contribution in [0, 0.1) is 19.8 Å². The Morgan fingerprint density at radius 3 is 2.46 bits per heavy atom. The predicted octanol–water partition coefficient (Wildman–Crippen LogP) is 5.13. The fraction of sp³-hybridized carbons (Fsp3) is 0.421. The molecule has 0 aliphatic carbocycles. The highest BCUT2D eigenvalue weighted by molar-refractivity contribution is 6.46. The lowest BCUT2D eigenvalue weighted by Crippen LogP contribution is -2.17. The molecule has 0 fully saturated rings. The molecular formula is C19H22Cl3N3O3. The molecule has 2 heterocycles. The van der Waals surface area contributed by atoms with Crippen molar-refractivity contribution in [3.63, 3.8) is 0 Å². The van der Waals surface area contributed by atoms with E-state index in [9.17, 15) is 9.59 Å². The molecule has 0 amide bonds. The van der Waals surface area contributed by atoms with E-state index in [-0.39, 0.29) is 32.4 Å². The summed E-state index contributed by atoms with van der Waals surface area (Å²) in [4.78, 5) is 28.6. The Balaban J connectivity index is 2.13. The minimum absolute atomic E-state index is 0.0480. The summed E-state index contributed by atoms with van der Waals surface area (Å²) in [6, 6.07) is 1.80. The maximum absolute atomic E-state index is 12.6. The second-order valence-electron chi connectivity index (χ2n) is 6.91. The number of nitrogen functional groups attached to an aromatic ring is 1. The van der Waals surface area contributed by atoms with Gasteiger partial charge in [-0.25, -0.2) is 9.78 Å². The van der Waals surface area contributed by atoms with Crippen molar-refractivity contribution in [1.82, 2.24) is 9.55 Å². The minimum atomic E-state index is -0.905. The molecule has 0 aliphatic rings. The Kier molecular flexibility index (Phi) is 7.37. The third-order valence-corrected chi connectivity index (χ3v) is 5.54. The van der Waals surface area contributed by atoms with Gasteiger partial charge in [0.1, 0.15) is 5.02 Å². The number of ether oxygens (including phenoxy) is 1. The van der Waals surface area contributed by atoms with Crippen LogP contribution in [0.4, 0.5) is 5.69 Å². The number of Topliss-reactive ketones (excluding diaryl/α,β-unsaturated/α-hetero) is 1. The van der Waals surface area contributed by atoms with E-state index in [1.165, 1.54) is 0 Å². The Bertz CT molecular complexity index is 923. The number of hydrogen-bond acceptors (Lipinski definition) is 5. The summed E-state index contributed by atoms with van der Waals surface area (Å²) >= 11 is 17.6. The maximum Gasteiger partial charge on any atom is 0.359 e. The van der Waals surface area contributed by atoms with Crippen molar-refractivity contribution in [2.24, 2.45) is 5.92 Å². The molecule has 0 saturated carbocycles. The third-order valence-electron chi connectivity index (χ3n) is 4.40. The van der Waals surface area contributed by atoms with Gasteiger partial charge in [0.25, 0.3) is 0 Å². The Morgan fingerprint density at radius 2 is 1.86 bits per heavy atom. The van der Waals surface area contributed by atoms with E-state index < -0.39 is 12.6 Å². The van der Waals surface area contributed by atoms with E-state index in [1.54, 1.807) is 6.07 Å². The van der Waals surface area contributed by atoms with Gasteiger partial charge in [0, 0.05) is 23.5 Å². The molecule has 0 saturated heterocycles. The number of esters is 1. The van der Waals surface area contributed by atoms with E-state index in [2.05, 4.69) is 23.4 Å². The van der Waals surface area contributed by atoms with Crippen LogP contribution in [0.15, 0.2) is 6.07 Å². The van der Waals surface area contributed by atoms with Crippen LogP contribution in [0.1, 0.15) is 52.5 Å². The monoisotopic (exact) mass is 445 g/mol. The topological polar surface area (TPSA) is 87.2 Å². The van der Waals surface area contributed by atoms with Crippen LogP contribution in [0.25, 0.3) is 0 Å². The van der Waals surface area contributed by atoms with Crippen molar-refractivity contribution in [2.45, 2.75) is 40.7 Å². The van der Waals surface area contributed by atoms with E-state index in [0.29, 0.717) is 11.5 Å². The molecule has 0 radical (unpaired) electrons. The molecule has 2 rings (SSSR count). The van der Waals surface area contributed by atoms with Crippen molar-refractivity contribution in [1.29, 1.82) is 0 Å². The Hall–Kier alpha value is -1.76. The molecule has 2 aromatic heterocycles. The zero-order valence-corrected chi connectivity index (χ0v) is 18.4. The lowest BCUT2D eigenvalue weighted by molar-refractivity contribution is 0.0469. The number of aryl methyl sites for hydroxylation is 1. The largest absolute Gasteiger partial charge is 0.453 e. The third kappa shape index (κ3) is 4.80. The Labute approximate surface area is 178 Å². The summed E-state index contributed by atoms with van der Waals surface area (Å²) in [6.45, 7) is 8.48. The van der Waals surface area contributed by atoms with Crippen molar-refractivity contribution in [2.75, 3.05) is 12.3 Å². The Morgan fingerprint density at radius 1 is 1.21 bits per heavy atom. The van der Waals surface area contributed by atoms with Crippen molar-refractivity contribution in [3.05, 3.63) is 43.9 Å². The van der Waals surface area contributed by atoms with E-state index in [0.717, 1.165) is 24.4 Å². The van der Waals surface area contributed by atoms with Crippen LogP contribution in [-0.4, -0.2) is 27.9 Å².